The number of furan rings is 1. The molecule has 1 aliphatic rings. The molecule has 1 N–H and O–H groups in total. The van der Waals surface area contributed by atoms with Crippen LogP contribution in [0.4, 0.5) is 0 Å². The molecule has 2 rings (SSSR count). The van der Waals surface area contributed by atoms with Crippen molar-refractivity contribution < 1.29 is 9.15 Å². The summed E-state index contributed by atoms with van der Waals surface area (Å²) in [5.41, 5.74) is 0. The zero-order valence-corrected chi connectivity index (χ0v) is 10.7. The molecule has 3 heteroatoms. The predicted octanol–water partition coefficient (Wildman–Crippen LogP) is 2.62. The fourth-order valence-electron chi connectivity index (χ4n) is 1.83. The highest BCUT2D eigenvalue weighted by Crippen LogP contribution is 2.28. The minimum Gasteiger partial charge on any atom is -0.469 e. The van der Waals surface area contributed by atoms with Gasteiger partial charge in [0.25, 0.3) is 0 Å². The average Bonchev–Trinajstić information content (AvgIpc) is 3.00. The molecule has 0 aromatic carbocycles. The zero-order chi connectivity index (χ0) is 11.9. The Hall–Kier alpha value is -0.800. The monoisotopic (exact) mass is 237 g/mol. The first kappa shape index (κ1) is 12.7. The normalized spacial score (nSPS) is 17.2. The minimum absolute atomic E-state index is 0.518. The van der Waals surface area contributed by atoms with E-state index in [1.165, 1.54) is 12.8 Å². The van der Waals surface area contributed by atoms with E-state index in [-0.39, 0.29) is 0 Å². The molecule has 0 spiro atoms. The summed E-state index contributed by atoms with van der Waals surface area (Å²) in [7, 11) is 0. The van der Waals surface area contributed by atoms with Crippen LogP contribution in [0.15, 0.2) is 22.8 Å². The first-order valence-electron chi connectivity index (χ1n) is 6.68. The lowest BCUT2D eigenvalue weighted by Crippen LogP contribution is -2.30. The fourth-order valence-corrected chi connectivity index (χ4v) is 1.83. The lowest BCUT2D eigenvalue weighted by molar-refractivity contribution is 0.124. The summed E-state index contributed by atoms with van der Waals surface area (Å²) in [5.74, 6) is 1.94. The molecule has 0 saturated heterocycles. The summed E-state index contributed by atoms with van der Waals surface area (Å²) < 4.78 is 10.9. The number of aryl methyl sites for hydroxylation is 1. The molecule has 17 heavy (non-hydrogen) atoms. The standard InChI is InChI=1S/C14H23NO2/c1-12(4-7-14-3-2-9-17-14)15-8-10-16-11-13-5-6-13/h2-3,9,12-13,15H,4-8,10-11H2,1H3. The van der Waals surface area contributed by atoms with Gasteiger partial charge in [-0.1, -0.05) is 0 Å². The van der Waals surface area contributed by atoms with Gasteiger partial charge in [0, 0.05) is 25.6 Å². The number of rotatable bonds is 9. The SMILES string of the molecule is CC(CCc1ccco1)NCCOCC1CC1. The smallest absolute Gasteiger partial charge is 0.103 e. The summed E-state index contributed by atoms with van der Waals surface area (Å²) in [6.07, 6.45) is 6.58. The predicted molar refractivity (Wildman–Crippen MR) is 68.0 cm³/mol. The summed E-state index contributed by atoms with van der Waals surface area (Å²) in [6.45, 7) is 4.96. The maximum atomic E-state index is 5.58. The van der Waals surface area contributed by atoms with Crippen LogP contribution in [-0.4, -0.2) is 25.8 Å². The van der Waals surface area contributed by atoms with E-state index >= 15 is 0 Å². The second-order valence-corrected chi connectivity index (χ2v) is 4.99. The molecule has 3 nitrogen and oxygen atoms in total. The Bertz CT molecular complexity index is 293. The number of hydrogen-bond donors (Lipinski definition) is 1. The van der Waals surface area contributed by atoms with Crippen LogP contribution >= 0.6 is 0 Å². The summed E-state index contributed by atoms with van der Waals surface area (Å²) in [6, 6.07) is 4.49. The molecule has 0 aliphatic heterocycles. The van der Waals surface area contributed by atoms with Crippen molar-refractivity contribution in [2.75, 3.05) is 19.8 Å². The molecule has 0 bridgehead atoms. The Morgan fingerprint density at radius 3 is 3.12 bits per heavy atom. The molecular formula is C14H23NO2. The van der Waals surface area contributed by atoms with Crippen molar-refractivity contribution in [2.24, 2.45) is 5.92 Å². The quantitative estimate of drug-likeness (QED) is 0.670. The summed E-state index contributed by atoms with van der Waals surface area (Å²) >= 11 is 0. The zero-order valence-electron chi connectivity index (χ0n) is 10.7. The lowest BCUT2D eigenvalue weighted by atomic mass is 10.1. The van der Waals surface area contributed by atoms with E-state index in [1.807, 2.05) is 12.1 Å². The maximum absolute atomic E-state index is 5.58. The van der Waals surface area contributed by atoms with Crippen LogP contribution in [0, 0.1) is 5.92 Å². The third kappa shape index (κ3) is 5.37. The van der Waals surface area contributed by atoms with Gasteiger partial charge < -0.3 is 14.5 Å². The van der Waals surface area contributed by atoms with E-state index in [0.29, 0.717) is 6.04 Å². The molecule has 1 fully saturated rings. The van der Waals surface area contributed by atoms with Crippen LogP contribution in [-0.2, 0) is 11.2 Å². The van der Waals surface area contributed by atoms with Crippen LogP contribution < -0.4 is 5.32 Å². The largest absolute Gasteiger partial charge is 0.469 e. The molecule has 1 unspecified atom stereocenters. The molecular weight excluding hydrogens is 214 g/mol. The van der Waals surface area contributed by atoms with Gasteiger partial charge in [0.15, 0.2) is 0 Å². The number of nitrogens with one attached hydrogen (secondary N) is 1. The Balaban J connectivity index is 1.44. The van der Waals surface area contributed by atoms with Crippen LogP contribution in [0.2, 0.25) is 0 Å². The van der Waals surface area contributed by atoms with Gasteiger partial charge in [-0.05, 0) is 44.2 Å². The fraction of sp³-hybridized carbons (Fsp3) is 0.714. The summed E-state index contributed by atoms with van der Waals surface area (Å²) in [4.78, 5) is 0. The highest BCUT2D eigenvalue weighted by Gasteiger charge is 2.20. The van der Waals surface area contributed by atoms with Crippen molar-refractivity contribution >= 4 is 0 Å². The lowest BCUT2D eigenvalue weighted by Gasteiger charge is -2.13. The molecule has 0 radical (unpaired) electrons. The highest BCUT2D eigenvalue weighted by molar-refractivity contribution is 4.98. The minimum atomic E-state index is 0.518. The second kappa shape index (κ2) is 6.82. The van der Waals surface area contributed by atoms with E-state index in [1.54, 1.807) is 6.26 Å². The Morgan fingerprint density at radius 1 is 1.53 bits per heavy atom. The molecule has 1 aliphatic carbocycles. The van der Waals surface area contributed by atoms with E-state index in [0.717, 1.165) is 44.3 Å². The van der Waals surface area contributed by atoms with Gasteiger partial charge in [-0.25, -0.2) is 0 Å². The second-order valence-electron chi connectivity index (χ2n) is 4.99. The van der Waals surface area contributed by atoms with E-state index in [9.17, 15) is 0 Å². The van der Waals surface area contributed by atoms with Crippen LogP contribution in [0.3, 0.4) is 0 Å². The molecule has 1 saturated carbocycles. The number of hydrogen-bond acceptors (Lipinski definition) is 3. The maximum Gasteiger partial charge on any atom is 0.103 e. The van der Waals surface area contributed by atoms with Gasteiger partial charge >= 0.3 is 0 Å². The Labute approximate surface area is 104 Å². The Morgan fingerprint density at radius 2 is 2.41 bits per heavy atom. The van der Waals surface area contributed by atoms with E-state index < -0.39 is 0 Å². The van der Waals surface area contributed by atoms with E-state index in [2.05, 4.69) is 12.2 Å². The molecule has 1 heterocycles. The molecule has 0 amide bonds. The van der Waals surface area contributed by atoms with Crippen molar-refractivity contribution in [2.45, 2.75) is 38.6 Å². The van der Waals surface area contributed by atoms with Crippen molar-refractivity contribution in [1.82, 2.24) is 5.32 Å². The van der Waals surface area contributed by atoms with Gasteiger partial charge in [0.1, 0.15) is 5.76 Å². The van der Waals surface area contributed by atoms with Crippen LogP contribution in [0.1, 0.15) is 31.9 Å². The highest BCUT2D eigenvalue weighted by atomic mass is 16.5. The molecule has 1 aromatic rings. The van der Waals surface area contributed by atoms with E-state index in [4.69, 9.17) is 9.15 Å². The first-order chi connectivity index (χ1) is 8.34. The third-order valence-corrected chi connectivity index (χ3v) is 3.19. The summed E-state index contributed by atoms with van der Waals surface area (Å²) in [5, 5.41) is 3.47. The Kier molecular flexibility index (Phi) is 5.08. The van der Waals surface area contributed by atoms with Crippen molar-refractivity contribution in [3.63, 3.8) is 0 Å². The van der Waals surface area contributed by atoms with Gasteiger partial charge in [0.05, 0.1) is 12.9 Å². The van der Waals surface area contributed by atoms with Crippen LogP contribution in [0.25, 0.3) is 0 Å². The van der Waals surface area contributed by atoms with Crippen molar-refractivity contribution in [1.29, 1.82) is 0 Å². The first-order valence-corrected chi connectivity index (χ1v) is 6.68. The molecule has 1 aromatic heterocycles. The third-order valence-electron chi connectivity index (χ3n) is 3.19. The average molecular weight is 237 g/mol. The topological polar surface area (TPSA) is 34.4 Å². The van der Waals surface area contributed by atoms with Crippen LogP contribution in [0.5, 0.6) is 0 Å². The van der Waals surface area contributed by atoms with Gasteiger partial charge in [-0.15, -0.1) is 0 Å². The van der Waals surface area contributed by atoms with Crippen molar-refractivity contribution in [3.05, 3.63) is 24.2 Å². The van der Waals surface area contributed by atoms with Crippen molar-refractivity contribution in [3.8, 4) is 0 Å². The molecule has 96 valence electrons. The van der Waals surface area contributed by atoms with Gasteiger partial charge in [-0.2, -0.15) is 0 Å². The molecule has 1 atom stereocenters. The van der Waals surface area contributed by atoms with Gasteiger partial charge in [0.2, 0.25) is 0 Å². The number of ether oxygens (including phenoxy) is 1. The van der Waals surface area contributed by atoms with Gasteiger partial charge in [-0.3, -0.25) is 0 Å².